The molecule has 3 rings (SSSR count). The highest BCUT2D eigenvalue weighted by Crippen LogP contribution is 2.21. The highest BCUT2D eigenvalue weighted by molar-refractivity contribution is 7.09. The number of thiazole rings is 1. The number of aryl methyl sites for hydroxylation is 1. The van der Waals surface area contributed by atoms with Gasteiger partial charge >= 0.3 is 4.87 Å². The minimum atomic E-state index is -0.554. The van der Waals surface area contributed by atoms with Gasteiger partial charge in [-0.1, -0.05) is 60.2 Å². The molecular formula is C27H36N2O5S. The number of aliphatic hydroxyl groups excluding tert-OH is 1. The maximum absolute atomic E-state index is 11.3. The van der Waals surface area contributed by atoms with Gasteiger partial charge in [0.15, 0.2) is 0 Å². The van der Waals surface area contributed by atoms with E-state index in [1.165, 1.54) is 5.56 Å². The third kappa shape index (κ3) is 10.2. The summed E-state index contributed by atoms with van der Waals surface area (Å²) >= 11 is 1.01. The molecule has 0 saturated carbocycles. The molecule has 0 saturated heterocycles. The van der Waals surface area contributed by atoms with Crippen molar-refractivity contribution in [3.05, 3.63) is 80.3 Å². The second kappa shape index (κ2) is 14.7. The summed E-state index contributed by atoms with van der Waals surface area (Å²) in [5.74, 6) is 0.677. The minimum Gasteiger partial charge on any atom is -0.494 e. The monoisotopic (exact) mass is 500 g/mol. The number of nitrogens with one attached hydrogen (secondary N) is 2. The Morgan fingerprint density at radius 2 is 1.77 bits per heavy atom. The van der Waals surface area contributed by atoms with E-state index in [-0.39, 0.29) is 16.8 Å². The summed E-state index contributed by atoms with van der Waals surface area (Å²) < 4.78 is 11.4. The first-order chi connectivity index (χ1) is 17.0. The summed E-state index contributed by atoms with van der Waals surface area (Å²) in [5, 5.41) is 23.1. The first-order valence-electron chi connectivity index (χ1n) is 12.2. The Morgan fingerprint density at radius 1 is 1.00 bits per heavy atom. The molecule has 0 aliphatic rings. The lowest BCUT2D eigenvalue weighted by Gasteiger charge is -2.18. The van der Waals surface area contributed by atoms with Crippen LogP contribution in [0.5, 0.6) is 11.6 Å². The topological polar surface area (TPSA) is 104 Å². The van der Waals surface area contributed by atoms with Crippen LogP contribution >= 0.6 is 11.3 Å². The van der Waals surface area contributed by atoms with Crippen LogP contribution in [-0.4, -0.2) is 53.7 Å². The fourth-order valence-electron chi connectivity index (χ4n) is 3.61. The number of hydrogen-bond donors (Lipinski definition) is 4. The summed E-state index contributed by atoms with van der Waals surface area (Å²) in [6.45, 7) is 3.91. The Morgan fingerprint density at radius 3 is 2.49 bits per heavy atom. The first-order valence-corrected chi connectivity index (χ1v) is 13.0. The number of aliphatic hydroxyl groups is 1. The molecule has 3 aromatic rings. The van der Waals surface area contributed by atoms with Crippen molar-refractivity contribution >= 4 is 11.3 Å². The number of benzene rings is 2. The van der Waals surface area contributed by atoms with Gasteiger partial charge in [0.05, 0.1) is 17.6 Å². The van der Waals surface area contributed by atoms with Gasteiger partial charge in [-0.05, 0) is 49.4 Å². The standard InChI is InChI=1S/C27H36N2O5S/c1-20(18-34-24-13-11-22(12-14-24)16-25-26(31)29-27(32)35-25)28-17-23(30)19-33-15-7-3-6-10-21-8-4-2-5-9-21/h2,4-5,8-9,11-14,20,23,28,30-31H,3,6-7,10,15-19H2,1H3,(H,29,32). The van der Waals surface area contributed by atoms with Crippen molar-refractivity contribution in [2.75, 3.05) is 26.4 Å². The van der Waals surface area contributed by atoms with Crippen molar-refractivity contribution in [1.82, 2.24) is 10.3 Å². The van der Waals surface area contributed by atoms with Crippen LogP contribution in [0.1, 0.15) is 42.2 Å². The molecule has 0 aliphatic carbocycles. The number of ether oxygens (including phenoxy) is 2. The highest BCUT2D eigenvalue weighted by Gasteiger charge is 2.10. The summed E-state index contributed by atoms with van der Waals surface area (Å²) in [6.07, 6.45) is 4.30. The van der Waals surface area contributed by atoms with Crippen LogP contribution in [0.15, 0.2) is 59.4 Å². The maximum Gasteiger partial charge on any atom is 0.307 e. The fourth-order valence-corrected chi connectivity index (χ4v) is 4.37. The van der Waals surface area contributed by atoms with E-state index in [9.17, 15) is 15.0 Å². The van der Waals surface area contributed by atoms with Crippen molar-refractivity contribution in [3.63, 3.8) is 0 Å². The zero-order valence-corrected chi connectivity index (χ0v) is 21.1. The van der Waals surface area contributed by atoms with Gasteiger partial charge in [-0.15, -0.1) is 0 Å². The Bertz CT molecular complexity index is 1040. The van der Waals surface area contributed by atoms with Crippen molar-refractivity contribution < 1.29 is 19.7 Å². The van der Waals surface area contributed by atoms with E-state index in [2.05, 4.69) is 34.6 Å². The molecule has 8 heteroatoms. The Kier molecular flexibility index (Phi) is 11.3. The molecule has 0 bridgehead atoms. The smallest absolute Gasteiger partial charge is 0.307 e. The molecule has 1 heterocycles. The first kappa shape index (κ1) is 26.9. The number of unbranched alkanes of at least 4 members (excludes halogenated alkanes) is 2. The largest absolute Gasteiger partial charge is 0.494 e. The van der Waals surface area contributed by atoms with Gasteiger partial charge in [-0.25, -0.2) is 0 Å². The lowest BCUT2D eigenvalue weighted by Crippen LogP contribution is -2.39. The SMILES string of the molecule is CC(COc1ccc(Cc2sc(=O)[nH]c2O)cc1)NCC(O)COCCCCCc1ccccc1. The maximum atomic E-state index is 11.3. The van der Waals surface area contributed by atoms with Crippen LogP contribution in [0.25, 0.3) is 0 Å². The minimum absolute atomic E-state index is 0.0633. The van der Waals surface area contributed by atoms with Gasteiger partial charge in [0.2, 0.25) is 5.88 Å². The molecule has 0 aliphatic heterocycles. The Labute approximate surface area is 210 Å². The van der Waals surface area contributed by atoms with E-state index < -0.39 is 6.10 Å². The van der Waals surface area contributed by atoms with Crippen LogP contribution in [0.3, 0.4) is 0 Å². The second-order valence-corrected chi connectivity index (χ2v) is 9.82. The molecule has 4 N–H and O–H groups in total. The van der Waals surface area contributed by atoms with Gasteiger partial charge in [0.1, 0.15) is 12.4 Å². The molecule has 35 heavy (non-hydrogen) atoms. The number of aromatic hydroxyl groups is 1. The van der Waals surface area contributed by atoms with Gasteiger partial charge in [0.25, 0.3) is 0 Å². The predicted octanol–water partition coefficient (Wildman–Crippen LogP) is 3.88. The Balaban J connectivity index is 1.22. The van der Waals surface area contributed by atoms with Crippen LogP contribution in [0, 0.1) is 0 Å². The Hall–Kier alpha value is -2.65. The second-order valence-electron chi connectivity index (χ2n) is 8.75. The van der Waals surface area contributed by atoms with E-state index in [1.807, 2.05) is 37.3 Å². The molecule has 0 fully saturated rings. The quantitative estimate of drug-likeness (QED) is 0.223. The summed E-state index contributed by atoms with van der Waals surface area (Å²) in [4.78, 5) is 14.0. The van der Waals surface area contributed by atoms with Gasteiger partial charge in [0, 0.05) is 25.6 Å². The molecule has 1 aromatic heterocycles. The van der Waals surface area contributed by atoms with E-state index in [4.69, 9.17) is 9.47 Å². The molecule has 2 aromatic carbocycles. The molecule has 0 amide bonds. The van der Waals surface area contributed by atoms with Gasteiger partial charge in [-0.2, -0.15) is 0 Å². The highest BCUT2D eigenvalue weighted by atomic mass is 32.1. The van der Waals surface area contributed by atoms with Crippen molar-refractivity contribution in [2.24, 2.45) is 0 Å². The van der Waals surface area contributed by atoms with Gasteiger partial charge in [-0.3, -0.25) is 9.78 Å². The van der Waals surface area contributed by atoms with Crippen LogP contribution in [-0.2, 0) is 17.6 Å². The summed E-state index contributed by atoms with van der Waals surface area (Å²) in [6, 6.07) is 18.2. The lowest BCUT2D eigenvalue weighted by atomic mass is 10.1. The number of aromatic nitrogens is 1. The van der Waals surface area contributed by atoms with E-state index in [0.29, 0.717) is 37.7 Å². The van der Waals surface area contributed by atoms with Crippen LogP contribution in [0.2, 0.25) is 0 Å². The zero-order valence-electron chi connectivity index (χ0n) is 20.2. The zero-order chi connectivity index (χ0) is 24.9. The molecule has 7 nitrogen and oxygen atoms in total. The fraction of sp³-hybridized carbons (Fsp3) is 0.444. The van der Waals surface area contributed by atoms with Crippen molar-refractivity contribution in [3.8, 4) is 11.6 Å². The molecule has 2 unspecified atom stereocenters. The van der Waals surface area contributed by atoms with Crippen molar-refractivity contribution in [2.45, 2.75) is 51.2 Å². The van der Waals surface area contributed by atoms with E-state index in [0.717, 1.165) is 48.3 Å². The average Bonchev–Trinajstić information content (AvgIpc) is 3.18. The number of aromatic amines is 1. The van der Waals surface area contributed by atoms with E-state index >= 15 is 0 Å². The van der Waals surface area contributed by atoms with E-state index in [1.54, 1.807) is 0 Å². The summed E-state index contributed by atoms with van der Waals surface area (Å²) in [5.41, 5.74) is 2.35. The predicted molar refractivity (Wildman–Crippen MR) is 140 cm³/mol. The van der Waals surface area contributed by atoms with Crippen molar-refractivity contribution in [1.29, 1.82) is 0 Å². The third-order valence-corrected chi connectivity index (χ3v) is 6.47. The molecule has 190 valence electrons. The molecular weight excluding hydrogens is 464 g/mol. The van der Waals surface area contributed by atoms with Crippen LogP contribution in [0.4, 0.5) is 0 Å². The molecule has 0 radical (unpaired) electrons. The number of hydrogen-bond acceptors (Lipinski definition) is 7. The average molecular weight is 501 g/mol. The lowest BCUT2D eigenvalue weighted by molar-refractivity contribution is 0.0336. The van der Waals surface area contributed by atoms with Gasteiger partial charge < -0.3 is 25.0 Å². The molecule has 0 spiro atoms. The number of H-pyrrole nitrogens is 1. The molecule has 2 atom stereocenters. The third-order valence-electron chi connectivity index (χ3n) is 5.60. The van der Waals surface area contributed by atoms with Crippen LogP contribution < -0.4 is 14.9 Å². The number of rotatable bonds is 16. The normalized spacial score (nSPS) is 13.0. The summed E-state index contributed by atoms with van der Waals surface area (Å²) in [7, 11) is 0.